The van der Waals surface area contributed by atoms with E-state index < -0.39 is 0 Å². The molecule has 0 bridgehead atoms. The van der Waals surface area contributed by atoms with Crippen molar-refractivity contribution in [3.05, 3.63) is 65.2 Å². The topological polar surface area (TPSA) is 67.4 Å². The van der Waals surface area contributed by atoms with E-state index in [9.17, 15) is 0 Å². The Hall–Kier alpha value is -3.00. The molecule has 0 aliphatic heterocycles. The van der Waals surface area contributed by atoms with Crippen molar-refractivity contribution < 1.29 is 0 Å². The Morgan fingerprint density at radius 3 is 2.71 bits per heavy atom. The first-order valence-corrected chi connectivity index (χ1v) is 6.58. The number of aromatic nitrogens is 4. The van der Waals surface area contributed by atoms with E-state index in [4.69, 9.17) is 5.26 Å². The fraction of sp³-hybridized carbons (Fsp3) is 0.125. The molecule has 0 fully saturated rings. The second-order valence-electron chi connectivity index (χ2n) is 4.84. The number of hydrogen-bond acceptors (Lipinski definition) is 4. The van der Waals surface area contributed by atoms with Gasteiger partial charge in [0.25, 0.3) is 0 Å². The molecule has 2 aromatic carbocycles. The highest BCUT2D eigenvalue weighted by Crippen LogP contribution is 2.17. The van der Waals surface area contributed by atoms with Crippen LogP contribution in [0.2, 0.25) is 0 Å². The molecule has 0 atom stereocenters. The zero-order valence-electron chi connectivity index (χ0n) is 11.6. The molecule has 0 N–H and O–H groups in total. The lowest BCUT2D eigenvalue weighted by molar-refractivity contribution is 0.653. The van der Waals surface area contributed by atoms with Gasteiger partial charge in [-0.2, -0.15) is 5.26 Å². The summed E-state index contributed by atoms with van der Waals surface area (Å²) in [5.74, 6) is 0.720. The molecule has 0 unspecified atom stereocenters. The van der Waals surface area contributed by atoms with Gasteiger partial charge in [0.15, 0.2) is 5.82 Å². The quantitative estimate of drug-likeness (QED) is 0.736. The summed E-state index contributed by atoms with van der Waals surface area (Å²) in [5, 5.41) is 20.8. The minimum absolute atomic E-state index is 0.533. The highest BCUT2D eigenvalue weighted by Gasteiger charge is 2.09. The molecule has 0 aliphatic carbocycles. The lowest BCUT2D eigenvalue weighted by atomic mass is 10.1. The Bertz CT molecular complexity index is 796. The van der Waals surface area contributed by atoms with Crippen molar-refractivity contribution in [2.75, 3.05) is 0 Å². The van der Waals surface area contributed by atoms with Crippen LogP contribution < -0.4 is 0 Å². The highest BCUT2D eigenvalue weighted by atomic mass is 15.5. The molecule has 5 nitrogen and oxygen atoms in total. The van der Waals surface area contributed by atoms with Crippen molar-refractivity contribution in [3.63, 3.8) is 0 Å². The van der Waals surface area contributed by atoms with Crippen molar-refractivity contribution in [2.24, 2.45) is 0 Å². The van der Waals surface area contributed by atoms with Crippen LogP contribution in [0.5, 0.6) is 0 Å². The SMILES string of the molecule is Cc1ccc(-c2nnnn2Cc2cccc(C#N)c2)cc1. The van der Waals surface area contributed by atoms with E-state index in [1.54, 1.807) is 10.7 Å². The molecule has 21 heavy (non-hydrogen) atoms. The Morgan fingerprint density at radius 2 is 1.95 bits per heavy atom. The molecular formula is C16H13N5. The van der Waals surface area contributed by atoms with Gasteiger partial charge in [-0.1, -0.05) is 42.0 Å². The molecule has 0 spiro atoms. The molecule has 102 valence electrons. The van der Waals surface area contributed by atoms with Gasteiger partial charge in [0.2, 0.25) is 0 Å². The smallest absolute Gasteiger partial charge is 0.182 e. The third kappa shape index (κ3) is 2.79. The fourth-order valence-electron chi connectivity index (χ4n) is 2.13. The number of nitrogens with zero attached hydrogens (tertiary/aromatic N) is 5. The van der Waals surface area contributed by atoms with E-state index in [1.165, 1.54) is 5.56 Å². The van der Waals surface area contributed by atoms with Crippen LogP contribution in [-0.4, -0.2) is 20.2 Å². The Kier molecular flexibility index (Phi) is 3.44. The van der Waals surface area contributed by atoms with Crippen molar-refractivity contribution in [1.82, 2.24) is 20.2 Å². The largest absolute Gasteiger partial charge is 0.221 e. The zero-order valence-corrected chi connectivity index (χ0v) is 11.6. The van der Waals surface area contributed by atoms with Crippen LogP contribution in [0.15, 0.2) is 48.5 Å². The third-order valence-electron chi connectivity index (χ3n) is 3.23. The van der Waals surface area contributed by atoms with Crippen LogP contribution in [0, 0.1) is 18.3 Å². The van der Waals surface area contributed by atoms with Gasteiger partial charge in [0.05, 0.1) is 18.2 Å². The predicted molar refractivity (Wildman–Crippen MR) is 78.2 cm³/mol. The fourth-order valence-corrected chi connectivity index (χ4v) is 2.13. The maximum atomic E-state index is 8.95. The van der Waals surface area contributed by atoms with Gasteiger partial charge >= 0.3 is 0 Å². The van der Waals surface area contributed by atoms with Gasteiger partial charge in [-0.05, 0) is 35.0 Å². The van der Waals surface area contributed by atoms with Crippen LogP contribution in [0.4, 0.5) is 0 Å². The van der Waals surface area contributed by atoms with Gasteiger partial charge in [0.1, 0.15) is 0 Å². The summed E-state index contributed by atoms with van der Waals surface area (Å²) in [6.45, 7) is 2.58. The Balaban J connectivity index is 1.92. The number of benzene rings is 2. The van der Waals surface area contributed by atoms with E-state index in [0.717, 1.165) is 17.0 Å². The molecule has 3 rings (SSSR count). The van der Waals surface area contributed by atoms with Crippen molar-refractivity contribution >= 4 is 0 Å². The first kappa shape index (κ1) is 13.0. The van der Waals surface area contributed by atoms with E-state index >= 15 is 0 Å². The van der Waals surface area contributed by atoms with Crippen molar-refractivity contribution in [1.29, 1.82) is 5.26 Å². The standard InChI is InChI=1S/C16H13N5/c1-12-5-7-15(8-6-12)16-18-19-20-21(16)11-14-4-2-3-13(9-14)10-17/h2-9H,11H2,1H3. The number of hydrogen-bond donors (Lipinski definition) is 0. The molecule has 3 aromatic rings. The molecule has 0 saturated carbocycles. The number of rotatable bonds is 3. The molecule has 1 heterocycles. The van der Waals surface area contributed by atoms with E-state index in [-0.39, 0.29) is 0 Å². The summed E-state index contributed by atoms with van der Waals surface area (Å²) in [7, 11) is 0. The molecule has 1 aromatic heterocycles. The van der Waals surface area contributed by atoms with Crippen molar-refractivity contribution in [2.45, 2.75) is 13.5 Å². The second-order valence-corrected chi connectivity index (χ2v) is 4.84. The van der Waals surface area contributed by atoms with Crippen LogP contribution in [0.1, 0.15) is 16.7 Å². The molecular weight excluding hydrogens is 262 g/mol. The molecule has 0 saturated heterocycles. The minimum Gasteiger partial charge on any atom is -0.221 e. The average Bonchev–Trinajstić information content (AvgIpc) is 2.96. The first-order chi connectivity index (χ1) is 10.3. The zero-order chi connectivity index (χ0) is 14.7. The summed E-state index contributed by atoms with van der Waals surface area (Å²) in [6, 6.07) is 17.7. The summed E-state index contributed by atoms with van der Waals surface area (Å²) in [5.41, 5.74) is 3.80. The van der Waals surface area contributed by atoms with Gasteiger partial charge in [-0.25, -0.2) is 4.68 Å². The van der Waals surface area contributed by atoms with Crippen LogP contribution in [0.25, 0.3) is 11.4 Å². The van der Waals surface area contributed by atoms with Gasteiger partial charge < -0.3 is 0 Å². The first-order valence-electron chi connectivity index (χ1n) is 6.58. The molecule has 0 radical (unpaired) electrons. The number of nitriles is 1. The van der Waals surface area contributed by atoms with Gasteiger partial charge in [-0.15, -0.1) is 5.10 Å². The number of aryl methyl sites for hydroxylation is 1. The Morgan fingerprint density at radius 1 is 1.14 bits per heavy atom. The summed E-state index contributed by atoms with van der Waals surface area (Å²) in [4.78, 5) is 0. The average molecular weight is 275 g/mol. The van der Waals surface area contributed by atoms with Crippen molar-refractivity contribution in [3.8, 4) is 17.5 Å². The van der Waals surface area contributed by atoms with E-state index in [2.05, 4.69) is 21.6 Å². The Labute approximate surface area is 122 Å². The van der Waals surface area contributed by atoms with Gasteiger partial charge in [-0.3, -0.25) is 0 Å². The molecule has 0 aliphatic rings. The predicted octanol–water partition coefficient (Wildman–Crippen LogP) is 2.57. The second kappa shape index (κ2) is 5.55. The van der Waals surface area contributed by atoms with Crippen LogP contribution >= 0.6 is 0 Å². The molecule has 5 heteroatoms. The van der Waals surface area contributed by atoms with Crippen LogP contribution in [-0.2, 0) is 6.54 Å². The minimum atomic E-state index is 0.533. The third-order valence-corrected chi connectivity index (χ3v) is 3.23. The summed E-state index contributed by atoms with van der Waals surface area (Å²) in [6.07, 6.45) is 0. The van der Waals surface area contributed by atoms with Crippen LogP contribution in [0.3, 0.4) is 0 Å². The highest BCUT2D eigenvalue weighted by molar-refractivity contribution is 5.55. The monoisotopic (exact) mass is 275 g/mol. The van der Waals surface area contributed by atoms with E-state index in [1.807, 2.05) is 49.4 Å². The van der Waals surface area contributed by atoms with Gasteiger partial charge in [0, 0.05) is 5.56 Å². The normalized spacial score (nSPS) is 10.3. The maximum Gasteiger partial charge on any atom is 0.182 e. The molecule has 0 amide bonds. The summed E-state index contributed by atoms with van der Waals surface area (Å²) >= 11 is 0. The van der Waals surface area contributed by atoms with E-state index in [0.29, 0.717) is 12.1 Å². The number of tetrazole rings is 1. The summed E-state index contributed by atoms with van der Waals surface area (Å²) < 4.78 is 1.74. The lowest BCUT2D eigenvalue weighted by Gasteiger charge is -2.05. The lowest BCUT2D eigenvalue weighted by Crippen LogP contribution is -2.04. The maximum absolute atomic E-state index is 8.95.